The first-order chi connectivity index (χ1) is 12.2. The summed E-state index contributed by atoms with van der Waals surface area (Å²) in [6.07, 6.45) is -4.42. The highest BCUT2D eigenvalue weighted by molar-refractivity contribution is 5.75. The van der Waals surface area contributed by atoms with Crippen LogP contribution in [0.25, 0.3) is 0 Å². The van der Waals surface area contributed by atoms with E-state index in [0.29, 0.717) is 11.3 Å². The molecule has 0 saturated carbocycles. The lowest BCUT2D eigenvalue weighted by Crippen LogP contribution is -2.38. The molecule has 2 atom stereocenters. The van der Waals surface area contributed by atoms with E-state index >= 15 is 0 Å². The van der Waals surface area contributed by atoms with E-state index in [1.807, 2.05) is 18.2 Å². The maximum Gasteiger partial charge on any atom is 0.416 e. The summed E-state index contributed by atoms with van der Waals surface area (Å²) >= 11 is 0. The van der Waals surface area contributed by atoms with Crippen LogP contribution < -0.4 is 15.4 Å². The third-order valence-corrected chi connectivity index (χ3v) is 4.01. The van der Waals surface area contributed by atoms with Crippen molar-refractivity contribution < 1.29 is 22.7 Å². The van der Waals surface area contributed by atoms with E-state index in [-0.39, 0.29) is 6.04 Å². The molecule has 2 aromatic carbocycles. The first kappa shape index (κ1) is 19.6. The van der Waals surface area contributed by atoms with Crippen LogP contribution in [0.1, 0.15) is 42.6 Å². The van der Waals surface area contributed by atoms with Crippen molar-refractivity contribution in [2.75, 3.05) is 7.11 Å². The van der Waals surface area contributed by atoms with Crippen molar-refractivity contribution in [2.24, 2.45) is 0 Å². The van der Waals surface area contributed by atoms with Gasteiger partial charge in [0, 0.05) is 5.56 Å². The Kier molecular flexibility index (Phi) is 6.13. The summed E-state index contributed by atoms with van der Waals surface area (Å²) in [5.74, 6) is 0.645. The maximum absolute atomic E-state index is 12.8. The quantitative estimate of drug-likeness (QED) is 0.796. The number of hydrogen-bond donors (Lipinski definition) is 2. The van der Waals surface area contributed by atoms with E-state index < -0.39 is 23.8 Å². The van der Waals surface area contributed by atoms with Gasteiger partial charge in [-0.1, -0.05) is 30.3 Å². The number of carbonyl (C=O) groups excluding carboxylic acids is 1. The second-order valence-electron chi connectivity index (χ2n) is 5.93. The molecule has 7 heteroatoms. The van der Waals surface area contributed by atoms with E-state index in [4.69, 9.17) is 4.74 Å². The molecule has 0 aliphatic carbocycles. The maximum atomic E-state index is 12.8. The van der Waals surface area contributed by atoms with E-state index in [1.165, 1.54) is 6.07 Å². The molecule has 2 amide bonds. The fourth-order valence-corrected chi connectivity index (χ4v) is 2.60. The van der Waals surface area contributed by atoms with Gasteiger partial charge < -0.3 is 15.4 Å². The molecule has 2 N–H and O–H groups in total. The molecule has 0 saturated heterocycles. The minimum absolute atomic E-state index is 0.333. The van der Waals surface area contributed by atoms with Gasteiger partial charge in [0.05, 0.1) is 24.8 Å². The Morgan fingerprint density at radius 2 is 1.65 bits per heavy atom. The van der Waals surface area contributed by atoms with Crippen molar-refractivity contribution in [3.63, 3.8) is 0 Å². The Hall–Kier alpha value is -2.70. The first-order valence-corrected chi connectivity index (χ1v) is 8.09. The van der Waals surface area contributed by atoms with Gasteiger partial charge in [-0.25, -0.2) is 4.79 Å². The number of benzene rings is 2. The smallest absolute Gasteiger partial charge is 0.416 e. The lowest BCUT2D eigenvalue weighted by atomic mass is 10.0. The Bertz CT molecular complexity index is 762. The number of methoxy groups -OCH3 is 1. The Labute approximate surface area is 150 Å². The molecule has 2 rings (SSSR count). The van der Waals surface area contributed by atoms with Crippen LogP contribution in [0, 0.1) is 0 Å². The average Bonchev–Trinajstić information content (AvgIpc) is 2.60. The van der Waals surface area contributed by atoms with Crippen LogP contribution >= 0.6 is 0 Å². The highest BCUT2D eigenvalue weighted by Crippen LogP contribution is 2.30. The van der Waals surface area contributed by atoms with E-state index in [1.54, 1.807) is 33.1 Å². The second kappa shape index (κ2) is 8.12. The van der Waals surface area contributed by atoms with Crippen molar-refractivity contribution >= 4 is 6.03 Å². The number of hydrogen-bond acceptors (Lipinski definition) is 2. The molecule has 0 fully saturated rings. The van der Waals surface area contributed by atoms with Crippen molar-refractivity contribution in [3.8, 4) is 5.75 Å². The van der Waals surface area contributed by atoms with Gasteiger partial charge in [0.25, 0.3) is 0 Å². The normalized spacial score (nSPS) is 13.6. The molecule has 4 nitrogen and oxygen atoms in total. The highest BCUT2D eigenvalue weighted by Gasteiger charge is 2.30. The summed E-state index contributed by atoms with van der Waals surface area (Å²) in [4.78, 5) is 12.2. The van der Waals surface area contributed by atoms with Crippen LogP contribution in [-0.2, 0) is 6.18 Å². The number of para-hydroxylation sites is 1. The van der Waals surface area contributed by atoms with Crippen molar-refractivity contribution in [1.29, 1.82) is 0 Å². The van der Waals surface area contributed by atoms with Crippen molar-refractivity contribution in [3.05, 3.63) is 65.2 Å². The summed E-state index contributed by atoms with van der Waals surface area (Å²) < 4.78 is 43.7. The van der Waals surface area contributed by atoms with Gasteiger partial charge >= 0.3 is 12.2 Å². The second-order valence-corrected chi connectivity index (χ2v) is 5.93. The zero-order chi connectivity index (χ0) is 19.3. The third-order valence-electron chi connectivity index (χ3n) is 4.01. The van der Waals surface area contributed by atoms with E-state index in [0.717, 1.165) is 17.7 Å². The topological polar surface area (TPSA) is 50.4 Å². The lowest BCUT2D eigenvalue weighted by Gasteiger charge is -2.20. The van der Waals surface area contributed by atoms with Crippen LogP contribution in [0.3, 0.4) is 0 Å². The SMILES string of the molecule is COc1ccccc1C(C)NC(=O)NC(C)c1cccc(C(F)(F)F)c1. The van der Waals surface area contributed by atoms with E-state index in [9.17, 15) is 18.0 Å². The molecular weight excluding hydrogens is 345 g/mol. The summed E-state index contributed by atoms with van der Waals surface area (Å²) in [5.41, 5.74) is 0.434. The van der Waals surface area contributed by atoms with Gasteiger partial charge in [-0.2, -0.15) is 13.2 Å². The molecule has 140 valence electrons. The number of urea groups is 1. The molecule has 0 heterocycles. The Balaban J connectivity index is 2.03. The molecule has 0 spiro atoms. The minimum Gasteiger partial charge on any atom is -0.496 e. The molecule has 0 aromatic heterocycles. The molecule has 26 heavy (non-hydrogen) atoms. The molecule has 0 aliphatic rings. The largest absolute Gasteiger partial charge is 0.496 e. The summed E-state index contributed by atoms with van der Waals surface area (Å²) in [7, 11) is 1.54. The number of amides is 2. The standard InChI is InChI=1S/C19H21F3N2O2/c1-12(14-7-6-8-15(11-14)19(20,21)22)23-18(25)24-13(2)16-9-4-5-10-17(16)26-3/h4-13H,1-3H3,(H2,23,24,25). The fraction of sp³-hybridized carbons (Fsp3) is 0.316. The molecule has 0 radical (unpaired) electrons. The zero-order valence-electron chi connectivity index (χ0n) is 14.7. The van der Waals surface area contributed by atoms with Gasteiger partial charge in [-0.3, -0.25) is 0 Å². The number of carbonyl (C=O) groups is 1. The van der Waals surface area contributed by atoms with Gasteiger partial charge in [0.15, 0.2) is 0 Å². The van der Waals surface area contributed by atoms with Gasteiger partial charge in [-0.15, -0.1) is 0 Å². The minimum atomic E-state index is -4.42. The molecule has 0 bridgehead atoms. The lowest BCUT2D eigenvalue weighted by molar-refractivity contribution is -0.137. The number of ether oxygens (including phenoxy) is 1. The first-order valence-electron chi connectivity index (χ1n) is 8.09. The van der Waals surface area contributed by atoms with Gasteiger partial charge in [-0.05, 0) is 37.6 Å². The number of halogens is 3. The average molecular weight is 366 g/mol. The van der Waals surface area contributed by atoms with Crippen LogP contribution in [0.15, 0.2) is 48.5 Å². The van der Waals surface area contributed by atoms with Crippen LogP contribution in [0.5, 0.6) is 5.75 Å². The van der Waals surface area contributed by atoms with Gasteiger partial charge in [0.2, 0.25) is 0 Å². The monoisotopic (exact) mass is 366 g/mol. The molecule has 2 unspecified atom stereocenters. The Morgan fingerprint density at radius 3 is 2.31 bits per heavy atom. The predicted octanol–water partition coefficient (Wildman–Crippen LogP) is 4.84. The zero-order valence-corrected chi connectivity index (χ0v) is 14.7. The summed E-state index contributed by atoms with van der Waals surface area (Å²) in [6, 6.07) is 10.8. The summed E-state index contributed by atoms with van der Waals surface area (Å²) in [6.45, 7) is 3.43. The van der Waals surface area contributed by atoms with Crippen LogP contribution in [0.2, 0.25) is 0 Å². The molecule has 2 aromatic rings. The predicted molar refractivity (Wildman–Crippen MR) is 92.9 cm³/mol. The summed E-state index contributed by atoms with van der Waals surface area (Å²) in [5, 5.41) is 5.42. The van der Waals surface area contributed by atoms with Crippen LogP contribution in [-0.4, -0.2) is 13.1 Å². The Morgan fingerprint density at radius 1 is 1.00 bits per heavy atom. The molecular formula is C19H21F3N2O2. The van der Waals surface area contributed by atoms with Gasteiger partial charge in [0.1, 0.15) is 5.75 Å². The number of rotatable bonds is 5. The molecule has 0 aliphatic heterocycles. The fourth-order valence-electron chi connectivity index (χ4n) is 2.60. The van der Waals surface area contributed by atoms with Crippen LogP contribution in [0.4, 0.5) is 18.0 Å². The highest BCUT2D eigenvalue weighted by atomic mass is 19.4. The van der Waals surface area contributed by atoms with E-state index in [2.05, 4.69) is 10.6 Å². The van der Waals surface area contributed by atoms with Crippen molar-refractivity contribution in [1.82, 2.24) is 10.6 Å². The number of nitrogens with one attached hydrogen (secondary N) is 2. The third kappa shape index (κ3) is 4.91. The van der Waals surface area contributed by atoms with Crippen molar-refractivity contribution in [2.45, 2.75) is 32.1 Å². The number of alkyl halides is 3.